The summed E-state index contributed by atoms with van der Waals surface area (Å²) >= 11 is 0. The van der Waals surface area contributed by atoms with Crippen LogP contribution < -0.4 is 10.9 Å². The Labute approximate surface area is 148 Å². The van der Waals surface area contributed by atoms with Crippen molar-refractivity contribution in [2.24, 2.45) is 0 Å². The summed E-state index contributed by atoms with van der Waals surface area (Å²) in [4.78, 5) is 17.5. The van der Waals surface area contributed by atoms with Gasteiger partial charge in [0.15, 0.2) is 0 Å². The molecule has 1 aromatic rings. The first-order valence-corrected chi connectivity index (χ1v) is 8.76. The van der Waals surface area contributed by atoms with E-state index in [1.807, 2.05) is 53.7 Å². The lowest BCUT2D eigenvalue weighted by Gasteiger charge is -2.49. The van der Waals surface area contributed by atoms with Crippen molar-refractivity contribution in [2.75, 3.05) is 13.2 Å². The third kappa shape index (κ3) is 2.22. The number of nitrogens with zero attached hydrogens (tertiary/aromatic N) is 1. The van der Waals surface area contributed by atoms with E-state index in [1.165, 1.54) is 0 Å². The van der Waals surface area contributed by atoms with Gasteiger partial charge in [0.25, 0.3) is 0 Å². The maximum Gasteiger partial charge on any atom is 0.514 e. The normalized spacial score (nSPS) is 27.6. The number of hydrogen-bond donors (Lipinski definition) is 1. The number of rotatable bonds is 1. The summed E-state index contributed by atoms with van der Waals surface area (Å²) in [5, 5.41) is 3.12. The van der Waals surface area contributed by atoms with Gasteiger partial charge in [0, 0.05) is 5.56 Å². The van der Waals surface area contributed by atoms with E-state index in [4.69, 9.17) is 19.0 Å². The van der Waals surface area contributed by atoms with Crippen LogP contribution in [0.3, 0.4) is 0 Å². The SMILES string of the molecule is CC1(C)C(=O)NC2(COC2)c2ccc(B3OC(C)(C)C(C)(C)O3)nc21. The summed E-state index contributed by atoms with van der Waals surface area (Å²) < 4.78 is 17.6. The highest BCUT2D eigenvalue weighted by Crippen LogP contribution is 2.41. The summed E-state index contributed by atoms with van der Waals surface area (Å²) in [5.41, 5.74) is 0.515. The lowest BCUT2D eigenvalue weighted by molar-refractivity contribution is -0.141. The van der Waals surface area contributed by atoms with Crippen LogP contribution in [0, 0.1) is 0 Å². The van der Waals surface area contributed by atoms with Gasteiger partial charge in [-0.25, -0.2) is 0 Å². The summed E-state index contributed by atoms with van der Waals surface area (Å²) in [6, 6.07) is 3.97. The van der Waals surface area contributed by atoms with Crippen molar-refractivity contribution >= 4 is 18.6 Å². The molecule has 134 valence electrons. The number of nitrogens with one attached hydrogen (secondary N) is 1. The van der Waals surface area contributed by atoms with E-state index in [1.54, 1.807) is 0 Å². The van der Waals surface area contributed by atoms with Gasteiger partial charge in [-0.05, 0) is 47.6 Å². The molecule has 3 aliphatic heterocycles. The van der Waals surface area contributed by atoms with Crippen molar-refractivity contribution in [3.8, 4) is 0 Å². The van der Waals surface area contributed by atoms with Crippen molar-refractivity contribution in [3.63, 3.8) is 0 Å². The zero-order valence-corrected chi connectivity index (χ0v) is 15.7. The predicted molar refractivity (Wildman–Crippen MR) is 93.6 cm³/mol. The predicted octanol–water partition coefficient (Wildman–Crippen LogP) is 1.01. The standard InChI is InChI=1S/C18H25BN2O4/c1-15(2)13-11(18(9-23-10-18)21-14(15)22)7-8-12(20-13)19-24-16(3,4)17(5,6)25-19/h7-8H,9-10H2,1-6H3,(H,21,22). The monoisotopic (exact) mass is 344 g/mol. The number of carbonyl (C=O) groups is 1. The Balaban J connectivity index is 1.77. The molecule has 6 nitrogen and oxygen atoms in total. The van der Waals surface area contributed by atoms with Gasteiger partial charge >= 0.3 is 7.12 Å². The van der Waals surface area contributed by atoms with Crippen molar-refractivity contribution in [3.05, 3.63) is 23.4 Å². The largest absolute Gasteiger partial charge is 0.514 e. The summed E-state index contributed by atoms with van der Waals surface area (Å²) in [7, 11) is -0.537. The average molecular weight is 344 g/mol. The van der Waals surface area contributed by atoms with Crippen LogP contribution in [0.5, 0.6) is 0 Å². The van der Waals surface area contributed by atoms with Crippen LogP contribution in [-0.4, -0.2) is 42.4 Å². The highest BCUT2D eigenvalue weighted by Gasteiger charge is 2.55. The molecule has 0 aromatic carbocycles. The number of fused-ring (bicyclic) bond motifs is 2. The van der Waals surface area contributed by atoms with Crippen LogP contribution in [0.1, 0.15) is 52.8 Å². The Hall–Kier alpha value is -1.44. The third-order valence-electron chi connectivity index (χ3n) is 6.14. The highest BCUT2D eigenvalue weighted by molar-refractivity contribution is 6.61. The van der Waals surface area contributed by atoms with Crippen LogP contribution in [0.15, 0.2) is 12.1 Å². The number of ether oxygens (including phenoxy) is 1. The van der Waals surface area contributed by atoms with Gasteiger partial charge < -0.3 is 19.4 Å². The molecule has 25 heavy (non-hydrogen) atoms. The second-order valence-corrected chi connectivity index (χ2v) is 8.87. The topological polar surface area (TPSA) is 69.7 Å². The molecule has 0 saturated carbocycles. The number of aromatic nitrogens is 1. The summed E-state index contributed by atoms with van der Waals surface area (Å²) in [6.07, 6.45) is 0. The molecule has 0 atom stereocenters. The molecule has 4 rings (SSSR count). The Kier molecular flexibility index (Phi) is 3.29. The van der Waals surface area contributed by atoms with Crippen LogP contribution >= 0.6 is 0 Å². The fourth-order valence-corrected chi connectivity index (χ4v) is 3.51. The van der Waals surface area contributed by atoms with Crippen molar-refractivity contribution < 1.29 is 18.8 Å². The zero-order valence-electron chi connectivity index (χ0n) is 15.7. The zero-order chi connectivity index (χ0) is 18.3. The van der Waals surface area contributed by atoms with Gasteiger partial charge in [-0.2, -0.15) is 0 Å². The molecule has 1 amide bonds. The minimum atomic E-state index is -0.712. The molecule has 1 spiro atoms. The Morgan fingerprint density at radius 3 is 2.16 bits per heavy atom. The molecule has 0 radical (unpaired) electrons. The Morgan fingerprint density at radius 2 is 1.64 bits per heavy atom. The van der Waals surface area contributed by atoms with E-state index in [9.17, 15) is 4.79 Å². The fourth-order valence-electron chi connectivity index (χ4n) is 3.51. The average Bonchev–Trinajstić information content (AvgIpc) is 2.69. The molecule has 0 unspecified atom stereocenters. The maximum absolute atomic E-state index is 12.7. The molecule has 2 saturated heterocycles. The van der Waals surface area contributed by atoms with Crippen molar-refractivity contribution in [1.29, 1.82) is 0 Å². The number of pyridine rings is 1. The summed E-state index contributed by atoms with van der Waals surface area (Å²) in [5.74, 6) is -0.0260. The van der Waals surface area contributed by atoms with Gasteiger partial charge in [0.1, 0.15) is 5.54 Å². The Morgan fingerprint density at radius 1 is 1.04 bits per heavy atom. The fraction of sp³-hybridized carbons (Fsp3) is 0.667. The maximum atomic E-state index is 12.7. The highest BCUT2D eigenvalue weighted by atomic mass is 16.7. The number of carbonyl (C=O) groups excluding carboxylic acids is 1. The molecular weight excluding hydrogens is 319 g/mol. The molecule has 3 aliphatic rings. The first-order chi connectivity index (χ1) is 11.5. The second-order valence-electron chi connectivity index (χ2n) is 8.87. The quantitative estimate of drug-likeness (QED) is 0.770. The van der Waals surface area contributed by atoms with Crippen LogP contribution in [0.2, 0.25) is 0 Å². The lowest BCUT2D eigenvalue weighted by atomic mass is 9.71. The van der Waals surface area contributed by atoms with E-state index in [-0.39, 0.29) is 5.91 Å². The van der Waals surface area contributed by atoms with E-state index in [2.05, 4.69) is 5.32 Å². The molecule has 7 heteroatoms. The number of hydrogen-bond acceptors (Lipinski definition) is 5. The first-order valence-electron chi connectivity index (χ1n) is 8.76. The van der Waals surface area contributed by atoms with Gasteiger partial charge in [-0.3, -0.25) is 9.78 Å². The molecule has 1 N–H and O–H groups in total. The smallest absolute Gasteiger partial charge is 0.398 e. The van der Waals surface area contributed by atoms with Gasteiger partial charge in [0.05, 0.1) is 41.1 Å². The van der Waals surface area contributed by atoms with Crippen molar-refractivity contribution in [2.45, 2.75) is 63.7 Å². The Bertz CT molecular complexity index is 739. The van der Waals surface area contributed by atoms with Crippen LogP contribution in [0.4, 0.5) is 0 Å². The van der Waals surface area contributed by atoms with E-state index < -0.39 is 29.3 Å². The lowest BCUT2D eigenvalue weighted by Crippen LogP contribution is -2.66. The second kappa shape index (κ2) is 4.84. The van der Waals surface area contributed by atoms with Gasteiger partial charge in [0.2, 0.25) is 5.91 Å². The van der Waals surface area contributed by atoms with Crippen LogP contribution in [-0.2, 0) is 29.8 Å². The van der Waals surface area contributed by atoms with E-state index in [0.29, 0.717) is 18.8 Å². The third-order valence-corrected chi connectivity index (χ3v) is 6.14. The van der Waals surface area contributed by atoms with E-state index in [0.717, 1.165) is 11.3 Å². The molecular formula is C18H25BN2O4. The molecule has 0 aliphatic carbocycles. The molecule has 1 aromatic heterocycles. The van der Waals surface area contributed by atoms with E-state index >= 15 is 0 Å². The molecule has 4 heterocycles. The number of amides is 1. The van der Waals surface area contributed by atoms with Crippen LogP contribution in [0.25, 0.3) is 0 Å². The van der Waals surface area contributed by atoms with Gasteiger partial charge in [-0.15, -0.1) is 0 Å². The summed E-state index contributed by atoms with van der Waals surface area (Å²) in [6.45, 7) is 12.8. The first kappa shape index (κ1) is 17.0. The van der Waals surface area contributed by atoms with Gasteiger partial charge in [-0.1, -0.05) is 6.07 Å². The van der Waals surface area contributed by atoms with Crippen molar-refractivity contribution in [1.82, 2.24) is 10.3 Å². The molecule has 2 fully saturated rings. The minimum absolute atomic E-state index is 0.0260. The molecule has 0 bridgehead atoms. The minimum Gasteiger partial charge on any atom is -0.398 e.